The van der Waals surface area contributed by atoms with E-state index < -0.39 is 0 Å². The summed E-state index contributed by atoms with van der Waals surface area (Å²) in [6.07, 6.45) is 1.77. The number of rotatable bonds is 6. The lowest BCUT2D eigenvalue weighted by Gasteiger charge is -2.08. The average Bonchev–Trinajstić information content (AvgIpc) is 2.69. The van der Waals surface area contributed by atoms with Gasteiger partial charge in [-0.05, 0) is 58.9 Å². The minimum Gasteiger partial charge on any atom is -0.294 e. The van der Waals surface area contributed by atoms with Crippen molar-refractivity contribution >= 4 is 39.7 Å². The third-order valence-electron chi connectivity index (χ3n) is 4.30. The minimum absolute atomic E-state index is 0.00166. The fourth-order valence-electron chi connectivity index (χ4n) is 2.76. The van der Waals surface area contributed by atoms with Gasteiger partial charge in [-0.3, -0.25) is 9.59 Å². The number of benzene rings is 3. The highest BCUT2D eigenvalue weighted by Gasteiger charge is 2.13. The normalized spacial score (nSPS) is 11.3. The molecule has 0 aliphatic carbocycles. The van der Waals surface area contributed by atoms with Crippen LogP contribution in [-0.4, -0.2) is 11.6 Å². The SMILES string of the molecule is Cc1ccc(C(=O)/C=C(/CC(=O)c2ccc(I)cc2)c2ccccc2)cc1. The van der Waals surface area contributed by atoms with Crippen molar-refractivity contribution in [1.82, 2.24) is 0 Å². The van der Waals surface area contributed by atoms with Crippen molar-refractivity contribution in [2.45, 2.75) is 13.3 Å². The van der Waals surface area contributed by atoms with E-state index in [0.717, 1.165) is 20.3 Å². The molecule has 0 atom stereocenters. The molecule has 0 saturated heterocycles. The van der Waals surface area contributed by atoms with Gasteiger partial charge in [-0.25, -0.2) is 0 Å². The van der Waals surface area contributed by atoms with Crippen molar-refractivity contribution in [2.24, 2.45) is 0 Å². The monoisotopic (exact) mass is 466 g/mol. The van der Waals surface area contributed by atoms with Crippen molar-refractivity contribution in [1.29, 1.82) is 0 Å². The molecule has 0 saturated carbocycles. The highest BCUT2D eigenvalue weighted by Crippen LogP contribution is 2.22. The molecule has 0 bridgehead atoms. The number of hydrogen-bond acceptors (Lipinski definition) is 2. The molecule has 3 rings (SSSR count). The number of aryl methyl sites for hydroxylation is 1. The van der Waals surface area contributed by atoms with Gasteiger partial charge in [-0.1, -0.05) is 72.3 Å². The Morgan fingerprint density at radius 1 is 0.778 bits per heavy atom. The first-order valence-corrected chi connectivity index (χ1v) is 9.76. The van der Waals surface area contributed by atoms with E-state index in [9.17, 15) is 9.59 Å². The van der Waals surface area contributed by atoms with Crippen LogP contribution in [0.4, 0.5) is 0 Å². The third kappa shape index (κ3) is 5.23. The van der Waals surface area contributed by atoms with Crippen LogP contribution in [0, 0.1) is 10.5 Å². The van der Waals surface area contributed by atoms with Gasteiger partial charge in [0.1, 0.15) is 0 Å². The number of carbonyl (C=O) groups excluding carboxylic acids is 2. The van der Waals surface area contributed by atoms with Crippen LogP contribution in [0.25, 0.3) is 5.57 Å². The first kappa shape index (κ1) is 19.2. The van der Waals surface area contributed by atoms with Crippen molar-refractivity contribution in [3.63, 3.8) is 0 Å². The molecule has 0 aliphatic heterocycles. The zero-order valence-corrected chi connectivity index (χ0v) is 17.1. The van der Waals surface area contributed by atoms with Gasteiger partial charge in [-0.2, -0.15) is 0 Å². The number of allylic oxidation sites excluding steroid dienone is 2. The summed E-state index contributed by atoms with van der Waals surface area (Å²) in [5.74, 6) is -0.0949. The smallest absolute Gasteiger partial charge is 0.186 e. The van der Waals surface area contributed by atoms with Gasteiger partial charge in [-0.15, -0.1) is 0 Å². The maximum absolute atomic E-state index is 12.7. The lowest BCUT2D eigenvalue weighted by Crippen LogP contribution is -2.03. The quantitative estimate of drug-likeness (QED) is 0.249. The molecule has 2 nitrogen and oxygen atoms in total. The molecule has 0 amide bonds. The molecule has 134 valence electrons. The molecule has 0 aliphatic rings. The van der Waals surface area contributed by atoms with Crippen LogP contribution < -0.4 is 0 Å². The summed E-state index contributed by atoms with van der Waals surface area (Å²) in [4.78, 5) is 25.5. The first-order chi connectivity index (χ1) is 13.0. The van der Waals surface area contributed by atoms with Crippen LogP contribution in [0.5, 0.6) is 0 Å². The van der Waals surface area contributed by atoms with Gasteiger partial charge in [0, 0.05) is 21.1 Å². The van der Waals surface area contributed by atoms with E-state index >= 15 is 0 Å². The predicted octanol–water partition coefficient (Wildman–Crippen LogP) is 6.14. The Kier molecular flexibility index (Phi) is 6.35. The van der Waals surface area contributed by atoms with Crippen LogP contribution in [0.2, 0.25) is 0 Å². The standard InChI is InChI=1S/C24H19IO2/c1-17-7-9-19(10-8-17)23(26)15-21(18-5-3-2-4-6-18)16-24(27)20-11-13-22(25)14-12-20/h2-15H,16H2,1H3/b21-15-. The van der Waals surface area contributed by atoms with E-state index in [2.05, 4.69) is 22.6 Å². The van der Waals surface area contributed by atoms with Crippen molar-refractivity contribution < 1.29 is 9.59 Å². The molecule has 0 N–H and O–H groups in total. The summed E-state index contributed by atoms with van der Waals surface area (Å²) in [6, 6.07) is 24.5. The van der Waals surface area contributed by atoms with Gasteiger partial charge in [0.05, 0.1) is 0 Å². The fourth-order valence-corrected chi connectivity index (χ4v) is 3.12. The Morgan fingerprint density at radius 2 is 1.37 bits per heavy atom. The number of hydrogen-bond donors (Lipinski definition) is 0. The predicted molar refractivity (Wildman–Crippen MR) is 118 cm³/mol. The highest BCUT2D eigenvalue weighted by molar-refractivity contribution is 14.1. The second kappa shape index (κ2) is 8.91. The van der Waals surface area contributed by atoms with Crippen LogP contribution in [0.3, 0.4) is 0 Å². The Bertz CT molecular complexity index is 969. The summed E-state index contributed by atoms with van der Waals surface area (Å²) < 4.78 is 1.08. The van der Waals surface area contributed by atoms with Gasteiger partial charge in [0.25, 0.3) is 0 Å². The Morgan fingerprint density at radius 3 is 2.00 bits per heavy atom. The molecule has 0 fully saturated rings. The van der Waals surface area contributed by atoms with Gasteiger partial charge in [0.15, 0.2) is 11.6 Å². The number of halogens is 1. The molecule has 27 heavy (non-hydrogen) atoms. The van der Waals surface area contributed by atoms with Crippen LogP contribution in [0.15, 0.2) is 84.9 Å². The molecule has 0 radical (unpaired) electrons. The maximum atomic E-state index is 12.7. The minimum atomic E-state index is -0.0933. The molecular weight excluding hydrogens is 447 g/mol. The van der Waals surface area contributed by atoms with Crippen LogP contribution in [0.1, 0.15) is 38.3 Å². The van der Waals surface area contributed by atoms with E-state index in [-0.39, 0.29) is 18.0 Å². The molecule has 3 aromatic rings. The zero-order valence-electron chi connectivity index (χ0n) is 15.0. The van der Waals surface area contributed by atoms with Crippen molar-refractivity contribution in [2.75, 3.05) is 0 Å². The lowest BCUT2D eigenvalue weighted by molar-refractivity contribution is 0.0998. The highest BCUT2D eigenvalue weighted by atomic mass is 127. The zero-order chi connectivity index (χ0) is 19.2. The van der Waals surface area contributed by atoms with E-state index in [4.69, 9.17) is 0 Å². The summed E-state index contributed by atoms with van der Waals surface area (Å²) in [6.45, 7) is 1.99. The molecule has 0 aromatic heterocycles. The van der Waals surface area contributed by atoms with Crippen LogP contribution in [-0.2, 0) is 0 Å². The maximum Gasteiger partial charge on any atom is 0.186 e. The van der Waals surface area contributed by atoms with Gasteiger partial charge < -0.3 is 0 Å². The molecule has 0 spiro atoms. The Hall–Kier alpha value is -2.53. The van der Waals surface area contributed by atoms with E-state index in [0.29, 0.717) is 11.1 Å². The lowest BCUT2D eigenvalue weighted by atomic mass is 9.95. The van der Waals surface area contributed by atoms with Gasteiger partial charge in [0.2, 0.25) is 0 Å². The Balaban J connectivity index is 1.91. The average molecular weight is 466 g/mol. The third-order valence-corrected chi connectivity index (χ3v) is 5.02. The number of ketones is 2. The first-order valence-electron chi connectivity index (χ1n) is 8.69. The molecule has 3 aromatic carbocycles. The van der Waals surface area contributed by atoms with E-state index in [1.807, 2.05) is 85.8 Å². The van der Waals surface area contributed by atoms with Gasteiger partial charge >= 0.3 is 0 Å². The summed E-state index contributed by atoms with van der Waals surface area (Å²) in [5, 5.41) is 0. The van der Waals surface area contributed by atoms with Crippen molar-refractivity contribution in [3.05, 3.63) is 111 Å². The number of Topliss-reactive ketones (excluding diaryl/α,β-unsaturated/α-hetero) is 1. The molecule has 0 unspecified atom stereocenters. The van der Waals surface area contributed by atoms with E-state index in [1.165, 1.54) is 0 Å². The Labute approximate surface area is 173 Å². The topological polar surface area (TPSA) is 34.1 Å². The second-order valence-electron chi connectivity index (χ2n) is 6.37. The molecule has 3 heteroatoms. The van der Waals surface area contributed by atoms with E-state index in [1.54, 1.807) is 6.08 Å². The summed E-state index contributed by atoms with van der Waals surface area (Å²) in [5.41, 5.74) is 3.99. The van der Waals surface area contributed by atoms with Crippen LogP contribution >= 0.6 is 22.6 Å². The summed E-state index contributed by atoms with van der Waals surface area (Å²) >= 11 is 2.21. The second-order valence-corrected chi connectivity index (χ2v) is 7.62. The summed E-state index contributed by atoms with van der Waals surface area (Å²) in [7, 11) is 0. The molecule has 0 heterocycles. The number of carbonyl (C=O) groups is 2. The largest absolute Gasteiger partial charge is 0.294 e. The fraction of sp³-hybridized carbons (Fsp3) is 0.0833. The molecular formula is C24H19IO2. The van der Waals surface area contributed by atoms with Crippen molar-refractivity contribution in [3.8, 4) is 0 Å².